The molecule has 1 aromatic carbocycles. The van der Waals surface area contributed by atoms with E-state index in [2.05, 4.69) is 46.7 Å². The molecule has 0 saturated carbocycles. The fraction of sp³-hybridized carbons (Fsp3) is 0.474. The number of nitrogens with zero attached hydrogens (tertiary/aromatic N) is 3. The van der Waals surface area contributed by atoms with Crippen molar-refractivity contribution in [3.8, 4) is 11.3 Å². The van der Waals surface area contributed by atoms with Gasteiger partial charge in [0.25, 0.3) is 0 Å². The number of aromatic nitrogens is 2. The molecule has 0 spiro atoms. The van der Waals surface area contributed by atoms with Gasteiger partial charge in [0, 0.05) is 37.9 Å². The van der Waals surface area contributed by atoms with Gasteiger partial charge in [-0.1, -0.05) is 11.6 Å². The lowest BCUT2D eigenvalue weighted by Crippen LogP contribution is -2.46. The summed E-state index contributed by atoms with van der Waals surface area (Å²) in [6.07, 6.45) is 5.35. The minimum atomic E-state index is 0.711. The number of aryl methyl sites for hydroxylation is 3. The van der Waals surface area contributed by atoms with Gasteiger partial charge in [-0.3, -0.25) is 5.43 Å². The van der Waals surface area contributed by atoms with Crippen LogP contribution in [0.3, 0.4) is 0 Å². The largest absolute Gasteiger partial charge is 0.314 e. The quantitative estimate of drug-likeness (QED) is 0.889. The van der Waals surface area contributed by atoms with E-state index in [4.69, 9.17) is 4.98 Å². The summed E-state index contributed by atoms with van der Waals surface area (Å²) in [5.74, 6) is 0.711. The third-order valence-corrected chi connectivity index (χ3v) is 4.98. The topological polar surface area (TPSA) is 53.1 Å². The molecule has 0 amide bonds. The molecule has 5 nitrogen and oxygen atoms in total. The first-order chi connectivity index (χ1) is 11.7. The van der Waals surface area contributed by atoms with E-state index in [-0.39, 0.29) is 0 Å². The molecular weight excluding hydrogens is 298 g/mol. The molecule has 0 radical (unpaired) electrons. The third-order valence-electron chi connectivity index (χ3n) is 4.98. The van der Waals surface area contributed by atoms with Crippen LogP contribution < -0.4 is 10.7 Å². The van der Waals surface area contributed by atoms with Crippen LogP contribution in [0.5, 0.6) is 0 Å². The van der Waals surface area contributed by atoms with E-state index in [1.54, 1.807) is 0 Å². The highest BCUT2D eigenvalue weighted by atomic mass is 15.5. The van der Waals surface area contributed by atoms with E-state index in [0.29, 0.717) is 5.95 Å². The molecule has 2 heterocycles. The minimum absolute atomic E-state index is 0.711. The molecular formula is C19H25N5. The Hall–Kier alpha value is -1.98. The molecule has 24 heavy (non-hydrogen) atoms. The number of fused-ring (bicyclic) bond motifs is 3. The van der Waals surface area contributed by atoms with Gasteiger partial charge in [-0.15, -0.1) is 0 Å². The summed E-state index contributed by atoms with van der Waals surface area (Å²) in [6.45, 7) is 8.32. The van der Waals surface area contributed by atoms with Crippen molar-refractivity contribution >= 4 is 5.95 Å². The van der Waals surface area contributed by atoms with E-state index in [1.807, 2.05) is 6.20 Å². The van der Waals surface area contributed by atoms with Crippen LogP contribution in [0.15, 0.2) is 18.3 Å². The van der Waals surface area contributed by atoms with Gasteiger partial charge in [0.15, 0.2) is 0 Å². The maximum Gasteiger partial charge on any atom is 0.238 e. The summed E-state index contributed by atoms with van der Waals surface area (Å²) in [5.41, 5.74) is 11.2. The van der Waals surface area contributed by atoms with Gasteiger partial charge in [0.1, 0.15) is 0 Å². The van der Waals surface area contributed by atoms with Crippen LogP contribution in [-0.4, -0.2) is 41.2 Å². The lowest BCUT2D eigenvalue weighted by atomic mass is 9.95. The first-order valence-corrected chi connectivity index (χ1v) is 8.89. The van der Waals surface area contributed by atoms with Gasteiger partial charge in [-0.25, -0.2) is 15.0 Å². The summed E-state index contributed by atoms with van der Waals surface area (Å²) >= 11 is 0. The second kappa shape index (κ2) is 6.49. The van der Waals surface area contributed by atoms with Crippen molar-refractivity contribution in [2.45, 2.75) is 33.1 Å². The van der Waals surface area contributed by atoms with Crippen molar-refractivity contribution in [3.05, 3.63) is 40.6 Å². The van der Waals surface area contributed by atoms with Crippen molar-refractivity contribution in [1.82, 2.24) is 20.3 Å². The van der Waals surface area contributed by atoms with Gasteiger partial charge >= 0.3 is 0 Å². The second-order valence-electron chi connectivity index (χ2n) is 6.88. The van der Waals surface area contributed by atoms with Gasteiger partial charge in [-0.2, -0.15) is 0 Å². The number of hydrazine groups is 1. The Morgan fingerprint density at radius 1 is 1.12 bits per heavy atom. The molecule has 5 heteroatoms. The zero-order valence-corrected chi connectivity index (χ0v) is 14.5. The Labute approximate surface area is 143 Å². The molecule has 0 unspecified atom stereocenters. The molecule has 1 aliphatic carbocycles. The number of piperazine rings is 1. The lowest BCUT2D eigenvalue weighted by Gasteiger charge is -2.27. The maximum absolute atomic E-state index is 4.91. The average Bonchev–Trinajstić information content (AvgIpc) is 2.76. The van der Waals surface area contributed by atoms with Crippen LogP contribution in [0.4, 0.5) is 5.95 Å². The smallest absolute Gasteiger partial charge is 0.238 e. The zero-order valence-electron chi connectivity index (χ0n) is 14.5. The van der Waals surface area contributed by atoms with E-state index >= 15 is 0 Å². The molecule has 2 aliphatic rings. The molecule has 1 saturated heterocycles. The Morgan fingerprint density at radius 3 is 2.79 bits per heavy atom. The Balaban J connectivity index is 1.72. The highest BCUT2D eigenvalue weighted by Gasteiger charge is 2.19. The Kier molecular flexibility index (Phi) is 4.21. The summed E-state index contributed by atoms with van der Waals surface area (Å²) in [7, 11) is 0. The zero-order chi connectivity index (χ0) is 16.5. The second-order valence-corrected chi connectivity index (χ2v) is 6.88. The molecule has 4 rings (SSSR count). The maximum atomic E-state index is 4.91. The SMILES string of the molecule is Cc1cc(C)c2c(c1)-c1nc(NN3CCNCC3)ncc1CCC2. The molecule has 2 aromatic rings. The van der Waals surface area contributed by atoms with Gasteiger partial charge in [0.05, 0.1) is 5.69 Å². The Morgan fingerprint density at radius 2 is 1.96 bits per heavy atom. The average molecular weight is 323 g/mol. The molecule has 1 aliphatic heterocycles. The van der Waals surface area contributed by atoms with Crippen molar-refractivity contribution in [2.24, 2.45) is 0 Å². The highest BCUT2D eigenvalue weighted by molar-refractivity contribution is 5.71. The van der Waals surface area contributed by atoms with Crippen LogP contribution >= 0.6 is 0 Å². The van der Waals surface area contributed by atoms with Crippen LogP contribution in [0.2, 0.25) is 0 Å². The monoisotopic (exact) mass is 323 g/mol. The van der Waals surface area contributed by atoms with E-state index in [1.165, 1.54) is 27.8 Å². The summed E-state index contributed by atoms with van der Waals surface area (Å²) in [5, 5.41) is 5.55. The highest BCUT2D eigenvalue weighted by Crippen LogP contribution is 2.34. The molecule has 126 valence electrons. The summed E-state index contributed by atoms with van der Waals surface area (Å²) in [6, 6.07) is 4.57. The van der Waals surface area contributed by atoms with Crippen LogP contribution in [-0.2, 0) is 12.8 Å². The summed E-state index contributed by atoms with van der Waals surface area (Å²) in [4.78, 5) is 9.47. The number of hydrogen-bond acceptors (Lipinski definition) is 5. The number of nitrogens with one attached hydrogen (secondary N) is 2. The Bertz CT molecular complexity index is 750. The van der Waals surface area contributed by atoms with Gasteiger partial charge < -0.3 is 5.32 Å². The minimum Gasteiger partial charge on any atom is -0.314 e. The predicted molar refractivity (Wildman–Crippen MR) is 97.0 cm³/mol. The van der Waals surface area contributed by atoms with Crippen molar-refractivity contribution in [3.63, 3.8) is 0 Å². The van der Waals surface area contributed by atoms with E-state index in [9.17, 15) is 0 Å². The molecule has 2 N–H and O–H groups in total. The van der Waals surface area contributed by atoms with Crippen LogP contribution in [0.25, 0.3) is 11.3 Å². The van der Waals surface area contributed by atoms with Crippen LogP contribution in [0.1, 0.15) is 28.7 Å². The third kappa shape index (κ3) is 3.01. The van der Waals surface area contributed by atoms with Crippen molar-refractivity contribution < 1.29 is 0 Å². The molecule has 0 atom stereocenters. The first-order valence-electron chi connectivity index (χ1n) is 8.89. The van der Waals surface area contributed by atoms with Gasteiger partial charge in [-0.05, 0) is 55.9 Å². The number of hydrogen-bond donors (Lipinski definition) is 2. The summed E-state index contributed by atoms with van der Waals surface area (Å²) < 4.78 is 0. The van der Waals surface area contributed by atoms with E-state index < -0.39 is 0 Å². The van der Waals surface area contributed by atoms with Crippen molar-refractivity contribution in [1.29, 1.82) is 0 Å². The van der Waals surface area contributed by atoms with E-state index in [0.717, 1.165) is 51.1 Å². The van der Waals surface area contributed by atoms with Gasteiger partial charge in [0.2, 0.25) is 5.95 Å². The predicted octanol–water partition coefficient (Wildman–Crippen LogP) is 2.48. The molecule has 1 fully saturated rings. The molecule has 1 aromatic heterocycles. The standard InChI is InChI=1S/C19H25N5/c1-13-10-14(2)16-5-3-4-15-12-21-19(22-18(15)17(16)11-13)23-24-8-6-20-7-9-24/h10-12,20H,3-9H2,1-2H3,(H,21,22,23). The number of anilines is 1. The first kappa shape index (κ1) is 15.5. The van der Waals surface area contributed by atoms with Crippen molar-refractivity contribution in [2.75, 3.05) is 31.6 Å². The number of benzene rings is 1. The molecule has 0 bridgehead atoms. The normalized spacial score (nSPS) is 17.8. The fourth-order valence-electron chi connectivity index (χ4n) is 3.79. The van der Waals surface area contributed by atoms with Crippen LogP contribution in [0, 0.1) is 13.8 Å². The lowest BCUT2D eigenvalue weighted by molar-refractivity contribution is 0.284. The number of rotatable bonds is 2. The fourth-order valence-corrected chi connectivity index (χ4v) is 3.79.